The molecular formula is C23H25N3O6. The first kappa shape index (κ1) is 21.5. The van der Waals surface area contributed by atoms with E-state index in [0.29, 0.717) is 47.5 Å². The van der Waals surface area contributed by atoms with E-state index in [-0.39, 0.29) is 12.4 Å². The number of fused-ring (bicyclic) bond motifs is 1. The Labute approximate surface area is 185 Å². The van der Waals surface area contributed by atoms with Gasteiger partial charge < -0.3 is 24.3 Å². The van der Waals surface area contributed by atoms with E-state index in [1.807, 2.05) is 38.1 Å². The van der Waals surface area contributed by atoms with Crippen LogP contribution in [0.3, 0.4) is 0 Å². The SMILES string of the molecule is CCCOc1ccc(-c2nonc2NC(=O)C2COc3ccccc3O2)cc1OCCC. The quantitative estimate of drug-likeness (QED) is 0.531. The van der Waals surface area contributed by atoms with Crippen molar-refractivity contribution in [2.24, 2.45) is 0 Å². The maximum absolute atomic E-state index is 12.8. The molecule has 3 aromatic rings. The summed E-state index contributed by atoms with van der Waals surface area (Å²) in [5.41, 5.74) is 1.04. The molecule has 0 bridgehead atoms. The fraction of sp³-hybridized carbons (Fsp3) is 0.348. The normalized spacial score (nSPS) is 14.6. The van der Waals surface area contributed by atoms with Crippen LogP contribution in [0.25, 0.3) is 11.3 Å². The zero-order valence-corrected chi connectivity index (χ0v) is 18.0. The van der Waals surface area contributed by atoms with Crippen LogP contribution in [0.4, 0.5) is 5.82 Å². The van der Waals surface area contributed by atoms with Crippen molar-refractivity contribution in [2.75, 3.05) is 25.1 Å². The third kappa shape index (κ3) is 4.77. The number of nitrogens with one attached hydrogen (secondary N) is 1. The molecule has 9 heteroatoms. The molecule has 1 aromatic heterocycles. The highest BCUT2D eigenvalue weighted by molar-refractivity contribution is 5.96. The van der Waals surface area contributed by atoms with E-state index in [4.69, 9.17) is 23.6 Å². The van der Waals surface area contributed by atoms with Gasteiger partial charge in [0.25, 0.3) is 5.91 Å². The number of hydrogen-bond donors (Lipinski definition) is 1. The molecule has 1 atom stereocenters. The first-order chi connectivity index (χ1) is 15.7. The fourth-order valence-electron chi connectivity index (χ4n) is 3.12. The van der Waals surface area contributed by atoms with Crippen molar-refractivity contribution in [3.8, 4) is 34.3 Å². The topological polar surface area (TPSA) is 105 Å². The van der Waals surface area contributed by atoms with E-state index in [2.05, 4.69) is 15.6 Å². The van der Waals surface area contributed by atoms with Gasteiger partial charge in [-0.1, -0.05) is 26.0 Å². The number of carbonyl (C=O) groups is 1. The highest BCUT2D eigenvalue weighted by Gasteiger charge is 2.29. The Morgan fingerprint density at radius 3 is 2.56 bits per heavy atom. The Bertz CT molecular complexity index is 1070. The van der Waals surface area contributed by atoms with Gasteiger partial charge in [0.05, 0.1) is 13.2 Å². The molecule has 0 saturated heterocycles. The summed E-state index contributed by atoms with van der Waals surface area (Å²) in [6.07, 6.45) is 0.912. The number of carbonyl (C=O) groups excluding carboxylic acids is 1. The van der Waals surface area contributed by atoms with Gasteiger partial charge in [0.1, 0.15) is 6.61 Å². The second-order valence-electron chi connectivity index (χ2n) is 7.17. The Kier molecular flexibility index (Phi) is 6.74. The third-order valence-corrected chi connectivity index (χ3v) is 4.67. The van der Waals surface area contributed by atoms with Gasteiger partial charge in [-0.25, -0.2) is 4.63 Å². The lowest BCUT2D eigenvalue weighted by Crippen LogP contribution is -2.40. The molecule has 0 fully saturated rings. The first-order valence-corrected chi connectivity index (χ1v) is 10.6. The van der Waals surface area contributed by atoms with Crippen molar-refractivity contribution in [1.82, 2.24) is 10.3 Å². The second kappa shape index (κ2) is 10.0. The minimum Gasteiger partial charge on any atom is -0.490 e. The van der Waals surface area contributed by atoms with Gasteiger partial charge in [0.15, 0.2) is 28.7 Å². The molecule has 1 unspecified atom stereocenters. The first-order valence-electron chi connectivity index (χ1n) is 10.6. The van der Waals surface area contributed by atoms with Crippen molar-refractivity contribution in [2.45, 2.75) is 32.8 Å². The van der Waals surface area contributed by atoms with Gasteiger partial charge in [-0.2, -0.15) is 0 Å². The molecule has 32 heavy (non-hydrogen) atoms. The fourth-order valence-corrected chi connectivity index (χ4v) is 3.12. The lowest BCUT2D eigenvalue weighted by Gasteiger charge is -2.25. The predicted octanol–water partition coefficient (Wildman–Crippen LogP) is 4.09. The van der Waals surface area contributed by atoms with E-state index in [0.717, 1.165) is 12.8 Å². The van der Waals surface area contributed by atoms with Gasteiger partial charge in [0.2, 0.25) is 11.9 Å². The average Bonchev–Trinajstić information content (AvgIpc) is 3.29. The summed E-state index contributed by atoms with van der Waals surface area (Å²) in [7, 11) is 0. The number of hydrogen-bond acceptors (Lipinski definition) is 8. The molecule has 2 aromatic carbocycles. The maximum Gasteiger partial charge on any atom is 0.270 e. The number of aromatic nitrogens is 2. The van der Waals surface area contributed by atoms with E-state index in [1.165, 1.54) is 0 Å². The number of para-hydroxylation sites is 2. The summed E-state index contributed by atoms with van der Waals surface area (Å²) in [5.74, 6) is 2.13. The summed E-state index contributed by atoms with van der Waals surface area (Å²) in [6, 6.07) is 12.6. The standard InChI is InChI=1S/C23H25N3O6/c1-3-11-28-17-10-9-15(13-19(17)29-12-4-2)21-22(26-32-25-21)24-23(27)20-14-30-16-7-5-6-8-18(16)31-20/h5-10,13,20H,3-4,11-12,14H2,1-2H3,(H,24,26,27). The molecule has 4 rings (SSSR count). The van der Waals surface area contributed by atoms with Gasteiger partial charge in [-0.15, -0.1) is 0 Å². The highest BCUT2D eigenvalue weighted by atomic mass is 16.6. The molecule has 9 nitrogen and oxygen atoms in total. The van der Waals surface area contributed by atoms with Crippen LogP contribution in [0.1, 0.15) is 26.7 Å². The highest BCUT2D eigenvalue weighted by Crippen LogP contribution is 2.35. The van der Waals surface area contributed by atoms with Crippen molar-refractivity contribution in [1.29, 1.82) is 0 Å². The number of anilines is 1. The summed E-state index contributed by atoms with van der Waals surface area (Å²) >= 11 is 0. The number of rotatable bonds is 9. The summed E-state index contributed by atoms with van der Waals surface area (Å²) < 4.78 is 27.9. The molecule has 0 aliphatic carbocycles. The molecule has 0 radical (unpaired) electrons. The molecule has 1 aliphatic rings. The molecule has 0 saturated carbocycles. The minimum atomic E-state index is -0.831. The van der Waals surface area contributed by atoms with E-state index in [9.17, 15) is 4.79 Å². The van der Waals surface area contributed by atoms with Crippen molar-refractivity contribution in [3.63, 3.8) is 0 Å². The average molecular weight is 439 g/mol. The smallest absolute Gasteiger partial charge is 0.270 e. The van der Waals surface area contributed by atoms with Crippen LogP contribution in [0, 0.1) is 0 Å². The Morgan fingerprint density at radius 1 is 1.03 bits per heavy atom. The minimum absolute atomic E-state index is 0.0852. The maximum atomic E-state index is 12.8. The lowest BCUT2D eigenvalue weighted by atomic mass is 10.1. The van der Waals surface area contributed by atoms with Gasteiger partial charge in [-0.05, 0) is 53.5 Å². The van der Waals surface area contributed by atoms with Crippen LogP contribution in [0.2, 0.25) is 0 Å². The van der Waals surface area contributed by atoms with Crippen LogP contribution in [0.5, 0.6) is 23.0 Å². The summed E-state index contributed by atoms with van der Waals surface area (Å²) in [6.45, 7) is 5.29. The van der Waals surface area contributed by atoms with Crippen molar-refractivity contribution in [3.05, 3.63) is 42.5 Å². The van der Waals surface area contributed by atoms with Crippen LogP contribution in [-0.4, -0.2) is 42.1 Å². The van der Waals surface area contributed by atoms with Gasteiger partial charge in [0, 0.05) is 5.56 Å². The molecule has 0 spiro atoms. The van der Waals surface area contributed by atoms with E-state index < -0.39 is 12.0 Å². The number of benzene rings is 2. The Morgan fingerprint density at radius 2 is 1.78 bits per heavy atom. The molecule has 1 amide bonds. The molecule has 168 valence electrons. The lowest BCUT2D eigenvalue weighted by molar-refractivity contribution is -0.125. The zero-order chi connectivity index (χ0) is 22.3. The predicted molar refractivity (Wildman–Crippen MR) is 116 cm³/mol. The molecule has 1 aliphatic heterocycles. The van der Waals surface area contributed by atoms with Gasteiger partial charge >= 0.3 is 0 Å². The van der Waals surface area contributed by atoms with Crippen LogP contribution in [-0.2, 0) is 4.79 Å². The number of ether oxygens (including phenoxy) is 4. The largest absolute Gasteiger partial charge is 0.490 e. The summed E-state index contributed by atoms with van der Waals surface area (Å²) in [5, 5.41) is 10.5. The molecule has 2 heterocycles. The van der Waals surface area contributed by atoms with Crippen LogP contribution in [0.15, 0.2) is 47.1 Å². The van der Waals surface area contributed by atoms with Crippen LogP contribution < -0.4 is 24.3 Å². The summed E-state index contributed by atoms with van der Waals surface area (Å²) in [4.78, 5) is 12.8. The number of nitrogens with zero attached hydrogens (tertiary/aromatic N) is 2. The van der Waals surface area contributed by atoms with E-state index >= 15 is 0 Å². The molecule has 1 N–H and O–H groups in total. The van der Waals surface area contributed by atoms with Gasteiger partial charge in [-0.3, -0.25) is 4.79 Å². The second-order valence-corrected chi connectivity index (χ2v) is 7.17. The molecular weight excluding hydrogens is 414 g/mol. The van der Waals surface area contributed by atoms with Crippen molar-refractivity contribution < 1.29 is 28.4 Å². The number of amides is 1. The van der Waals surface area contributed by atoms with E-state index in [1.54, 1.807) is 18.2 Å². The Hall–Kier alpha value is -3.75. The van der Waals surface area contributed by atoms with Crippen LogP contribution >= 0.6 is 0 Å². The van der Waals surface area contributed by atoms with Crippen molar-refractivity contribution >= 4 is 11.7 Å². The third-order valence-electron chi connectivity index (χ3n) is 4.67. The zero-order valence-electron chi connectivity index (χ0n) is 18.0. The monoisotopic (exact) mass is 439 g/mol. The Balaban J connectivity index is 1.51.